The Balaban J connectivity index is 1.91. The quantitative estimate of drug-likeness (QED) is 0.661. The van der Waals surface area contributed by atoms with E-state index in [0.29, 0.717) is 17.2 Å². The predicted molar refractivity (Wildman–Crippen MR) is 97.6 cm³/mol. The molecule has 0 bridgehead atoms. The lowest BCUT2D eigenvalue weighted by Gasteiger charge is -2.14. The van der Waals surface area contributed by atoms with E-state index < -0.39 is 5.97 Å². The van der Waals surface area contributed by atoms with E-state index >= 15 is 0 Å². The maximum atomic E-state index is 11.0. The summed E-state index contributed by atoms with van der Waals surface area (Å²) in [5.74, 6) is -0.550. The Morgan fingerprint density at radius 3 is 2.76 bits per heavy atom. The van der Waals surface area contributed by atoms with Crippen molar-refractivity contribution >= 4 is 23.3 Å². The van der Waals surface area contributed by atoms with E-state index in [4.69, 9.17) is 5.11 Å². The first kappa shape index (κ1) is 16.5. The maximum absolute atomic E-state index is 11.0. The number of H-pyrrole nitrogens is 1. The lowest BCUT2D eigenvalue weighted by molar-refractivity contribution is 0.0691. The lowest BCUT2D eigenvalue weighted by Crippen LogP contribution is -2.08. The molecule has 0 amide bonds. The van der Waals surface area contributed by atoms with Crippen molar-refractivity contribution < 1.29 is 9.90 Å². The van der Waals surface area contributed by atoms with Crippen molar-refractivity contribution in [2.45, 2.75) is 6.92 Å². The zero-order chi connectivity index (χ0) is 18.0. The predicted octanol–water partition coefficient (Wildman–Crippen LogP) is 3.29. The van der Waals surface area contributed by atoms with Gasteiger partial charge in [0.25, 0.3) is 0 Å². The molecule has 0 saturated carbocycles. The molecule has 0 atom stereocenters. The monoisotopic (exact) mass is 337 g/mol. The van der Waals surface area contributed by atoms with Crippen LogP contribution in [-0.2, 0) is 0 Å². The van der Waals surface area contributed by atoms with Crippen LogP contribution in [-0.4, -0.2) is 40.1 Å². The van der Waals surface area contributed by atoms with Gasteiger partial charge in [-0.1, -0.05) is 6.07 Å². The maximum Gasteiger partial charge on any atom is 0.352 e. The second kappa shape index (κ2) is 6.64. The minimum absolute atomic E-state index is 0.126. The number of aryl methyl sites for hydroxylation is 1. The summed E-state index contributed by atoms with van der Waals surface area (Å²) in [5.41, 5.74) is 4.33. The minimum Gasteiger partial charge on any atom is -0.477 e. The molecular weight excluding hydrogens is 318 g/mol. The molecule has 0 aliphatic carbocycles. The van der Waals surface area contributed by atoms with Crippen LogP contribution in [0.15, 0.2) is 42.7 Å². The molecule has 7 nitrogen and oxygen atoms in total. The molecule has 0 aliphatic rings. The van der Waals surface area contributed by atoms with E-state index in [0.717, 1.165) is 16.9 Å². The standard InChI is InChI=1S/C18H19N5O2/c1-11-9-20-18(21-13-5-4-6-14(8-13)23(2)3)22-16(11)12-7-15(17(24)25)19-10-12/h4-10,19H,1-3H3,(H,24,25)(H,20,21,22). The van der Waals surface area contributed by atoms with Gasteiger partial charge in [-0.2, -0.15) is 0 Å². The summed E-state index contributed by atoms with van der Waals surface area (Å²) in [5, 5.41) is 12.2. The van der Waals surface area contributed by atoms with Gasteiger partial charge in [-0.15, -0.1) is 0 Å². The van der Waals surface area contributed by atoms with Gasteiger partial charge in [-0.05, 0) is 36.8 Å². The molecule has 1 aromatic carbocycles. The highest BCUT2D eigenvalue weighted by atomic mass is 16.4. The number of aromatic carboxylic acids is 1. The number of nitrogens with zero attached hydrogens (tertiary/aromatic N) is 3. The Morgan fingerprint density at radius 2 is 2.08 bits per heavy atom. The average molecular weight is 337 g/mol. The van der Waals surface area contributed by atoms with Gasteiger partial charge < -0.3 is 20.3 Å². The smallest absolute Gasteiger partial charge is 0.352 e. The highest BCUT2D eigenvalue weighted by Gasteiger charge is 2.12. The first-order valence-electron chi connectivity index (χ1n) is 7.74. The van der Waals surface area contributed by atoms with Gasteiger partial charge in [0.1, 0.15) is 5.69 Å². The van der Waals surface area contributed by atoms with E-state index in [2.05, 4.69) is 20.3 Å². The molecule has 128 valence electrons. The van der Waals surface area contributed by atoms with Crippen LogP contribution in [0, 0.1) is 6.92 Å². The molecule has 0 spiro atoms. The van der Waals surface area contributed by atoms with E-state index in [-0.39, 0.29) is 5.69 Å². The first-order valence-corrected chi connectivity index (χ1v) is 7.74. The largest absolute Gasteiger partial charge is 0.477 e. The van der Waals surface area contributed by atoms with E-state index in [1.165, 1.54) is 0 Å². The number of aromatic nitrogens is 3. The van der Waals surface area contributed by atoms with Gasteiger partial charge in [0.15, 0.2) is 0 Å². The molecule has 0 saturated heterocycles. The number of aromatic amines is 1. The number of carboxylic acid groups (broad SMARTS) is 1. The molecular formula is C18H19N5O2. The van der Waals surface area contributed by atoms with E-state index in [9.17, 15) is 4.79 Å². The fraction of sp³-hybridized carbons (Fsp3) is 0.167. The normalized spacial score (nSPS) is 10.5. The van der Waals surface area contributed by atoms with Crippen molar-refractivity contribution in [3.8, 4) is 11.3 Å². The molecule has 0 unspecified atom stereocenters. The fourth-order valence-corrected chi connectivity index (χ4v) is 2.44. The minimum atomic E-state index is -1.00. The SMILES string of the molecule is Cc1cnc(Nc2cccc(N(C)C)c2)nc1-c1c[nH]c(C(=O)O)c1. The van der Waals surface area contributed by atoms with Gasteiger partial charge in [-0.25, -0.2) is 14.8 Å². The van der Waals surface area contributed by atoms with Crippen LogP contribution in [0.2, 0.25) is 0 Å². The number of nitrogens with one attached hydrogen (secondary N) is 2. The summed E-state index contributed by atoms with van der Waals surface area (Å²) >= 11 is 0. The summed E-state index contributed by atoms with van der Waals surface area (Å²) < 4.78 is 0. The third kappa shape index (κ3) is 3.60. The Labute approximate surface area is 145 Å². The van der Waals surface area contributed by atoms with Gasteiger partial charge in [0, 0.05) is 43.4 Å². The lowest BCUT2D eigenvalue weighted by atomic mass is 10.1. The highest BCUT2D eigenvalue weighted by Crippen LogP contribution is 2.25. The molecule has 3 aromatic rings. The van der Waals surface area contributed by atoms with Crippen LogP contribution < -0.4 is 10.2 Å². The Morgan fingerprint density at radius 1 is 1.28 bits per heavy atom. The molecule has 0 aliphatic heterocycles. The molecule has 2 heterocycles. The van der Waals surface area contributed by atoms with Crippen molar-refractivity contribution in [3.05, 3.63) is 54.0 Å². The molecule has 25 heavy (non-hydrogen) atoms. The van der Waals surface area contributed by atoms with Crippen LogP contribution in [0.25, 0.3) is 11.3 Å². The van der Waals surface area contributed by atoms with Crippen molar-refractivity contribution in [2.24, 2.45) is 0 Å². The molecule has 0 fully saturated rings. The van der Waals surface area contributed by atoms with E-state index in [1.807, 2.05) is 50.2 Å². The second-order valence-electron chi connectivity index (χ2n) is 5.90. The number of rotatable bonds is 5. The second-order valence-corrected chi connectivity index (χ2v) is 5.90. The van der Waals surface area contributed by atoms with Crippen LogP contribution >= 0.6 is 0 Å². The average Bonchev–Trinajstić information content (AvgIpc) is 3.07. The number of carboxylic acids is 1. The summed E-state index contributed by atoms with van der Waals surface area (Å²) in [4.78, 5) is 24.6. The fourth-order valence-electron chi connectivity index (χ4n) is 2.44. The number of hydrogen-bond acceptors (Lipinski definition) is 5. The van der Waals surface area contributed by atoms with Gasteiger partial charge in [0.05, 0.1) is 5.69 Å². The van der Waals surface area contributed by atoms with Crippen molar-refractivity contribution in [2.75, 3.05) is 24.3 Å². The third-order valence-corrected chi connectivity index (χ3v) is 3.78. The van der Waals surface area contributed by atoms with Crippen LogP contribution in [0.1, 0.15) is 16.1 Å². The first-order chi connectivity index (χ1) is 11.9. The van der Waals surface area contributed by atoms with E-state index in [1.54, 1.807) is 18.5 Å². The summed E-state index contributed by atoms with van der Waals surface area (Å²) in [6, 6.07) is 9.47. The van der Waals surface area contributed by atoms with Crippen molar-refractivity contribution in [3.63, 3.8) is 0 Å². The summed E-state index contributed by atoms with van der Waals surface area (Å²) in [6.07, 6.45) is 3.35. The summed E-state index contributed by atoms with van der Waals surface area (Å²) in [6.45, 7) is 1.89. The van der Waals surface area contributed by atoms with Crippen LogP contribution in [0.5, 0.6) is 0 Å². The third-order valence-electron chi connectivity index (χ3n) is 3.78. The van der Waals surface area contributed by atoms with Gasteiger partial charge >= 0.3 is 5.97 Å². The Bertz CT molecular complexity index is 917. The van der Waals surface area contributed by atoms with Crippen molar-refractivity contribution in [1.29, 1.82) is 0 Å². The number of anilines is 3. The Hall–Kier alpha value is -3.35. The number of benzene rings is 1. The highest BCUT2D eigenvalue weighted by molar-refractivity contribution is 5.87. The van der Waals surface area contributed by atoms with Gasteiger partial charge in [0.2, 0.25) is 5.95 Å². The van der Waals surface area contributed by atoms with Gasteiger partial charge in [-0.3, -0.25) is 0 Å². The van der Waals surface area contributed by atoms with Crippen LogP contribution in [0.3, 0.4) is 0 Å². The number of carbonyl (C=O) groups is 1. The molecule has 3 rings (SSSR count). The zero-order valence-electron chi connectivity index (χ0n) is 14.2. The molecule has 3 N–H and O–H groups in total. The topological polar surface area (TPSA) is 94.1 Å². The van der Waals surface area contributed by atoms with Crippen molar-refractivity contribution in [1.82, 2.24) is 15.0 Å². The molecule has 0 radical (unpaired) electrons. The molecule has 2 aromatic heterocycles. The number of hydrogen-bond donors (Lipinski definition) is 3. The Kier molecular flexibility index (Phi) is 4.38. The van der Waals surface area contributed by atoms with Crippen LogP contribution in [0.4, 0.5) is 17.3 Å². The molecule has 7 heteroatoms. The zero-order valence-corrected chi connectivity index (χ0v) is 14.2. The summed E-state index contributed by atoms with van der Waals surface area (Å²) in [7, 11) is 3.96.